The number of likely N-dealkylation sites (tertiary alicyclic amines) is 1. The summed E-state index contributed by atoms with van der Waals surface area (Å²) in [5.74, 6) is -3.02. The van der Waals surface area contributed by atoms with Crippen molar-refractivity contribution in [2.75, 3.05) is 43.8 Å². The molecule has 2 aliphatic rings. The smallest absolute Gasteiger partial charge is 0.278 e. The van der Waals surface area contributed by atoms with Crippen molar-refractivity contribution in [2.24, 2.45) is 0 Å². The fraction of sp³-hybridized carbons (Fsp3) is 0.429. The Hall–Kier alpha value is -3.55. The molecule has 0 atom stereocenters. The third-order valence-electron chi connectivity index (χ3n) is 7.52. The van der Waals surface area contributed by atoms with Gasteiger partial charge in [-0.2, -0.15) is 4.31 Å². The highest BCUT2D eigenvalue weighted by atomic mass is 32.2. The molecule has 2 saturated heterocycles. The van der Waals surface area contributed by atoms with Crippen LogP contribution in [0.15, 0.2) is 41.7 Å². The molecule has 13 heteroatoms. The predicted molar refractivity (Wildman–Crippen MR) is 151 cm³/mol. The Labute approximate surface area is 238 Å². The molecule has 0 aliphatic carbocycles. The fourth-order valence-corrected chi connectivity index (χ4v) is 6.87. The zero-order valence-corrected chi connectivity index (χ0v) is 23.5. The highest BCUT2D eigenvalue weighted by molar-refractivity contribution is 7.89. The standard InChI is InChI=1S/C28H33F2N7O3S/c29-21-16-25(41(39,40)37-13-2-1-3-14-37)22(30)15-20(21)24-18-33-27(31)26(34-24)28(38)35-23-17-32-9-8-19(23)7-6-12-36-10-4-5-11-36/h8-9,15-18H,1-7,10-14H2,(H2,31,33)(H,35,38). The summed E-state index contributed by atoms with van der Waals surface area (Å²) in [6, 6.07) is 3.24. The normalized spacial score (nSPS) is 16.6. The Balaban J connectivity index is 1.35. The number of nitrogens with zero attached hydrogens (tertiary/aromatic N) is 5. The fourth-order valence-electron chi connectivity index (χ4n) is 5.30. The number of benzene rings is 1. The van der Waals surface area contributed by atoms with Gasteiger partial charge < -0.3 is 16.0 Å². The van der Waals surface area contributed by atoms with Crippen molar-refractivity contribution in [3.8, 4) is 11.3 Å². The Morgan fingerprint density at radius 3 is 2.49 bits per heavy atom. The molecule has 0 unspecified atom stereocenters. The van der Waals surface area contributed by atoms with Gasteiger partial charge in [-0.1, -0.05) is 6.42 Å². The van der Waals surface area contributed by atoms with Crippen LogP contribution < -0.4 is 11.1 Å². The topological polar surface area (TPSA) is 134 Å². The molecule has 1 aromatic carbocycles. The van der Waals surface area contributed by atoms with Crippen LogP contribution in [0, 0.1) is 11.6 Å². The van der Waals surface area contributed by atoms with Crippen molar-refractivity contribution in [3.63, 3.8) is 0 Å². The predicted octanol–water partition coefficient (Wildman–Crippen LogP) is 3.85. The van der Waals surface area contributed by atoms with Gasteiger partial charge in [0.2, 0.25) is 10.0 Å². The number of nitrogens with two attached hydrogens (primary N) is 1. The van der Waals surface area contributed by atoms with E-state index in [-0.39, 0.29) is 35.9 Å². The summed E-state index contributed by atoms with van der Waals surface area (Å²) in [7, 11) is -4.20. The third-order valence-corrected chi connectivity index (χ3v) is 9.44. The first-order chi connectivity index (χ1) is 19.7. The van der Waals surface area contributed by atoms with Gasteiger partial charge in [-0.05, 0) is 81.9 Å². The number of sulfonamides is 1. The number of aryl methyl sites for hydroxylation is 1. The van der Waals surface area contributed by atoms with Crippen LogP contribution in [0.2, 0.25) is 0 Å². The summed E-state index contributed by atoms with van der Waals surface area (Å²) in [6.07, 6.45) is 10.6. The number of hydrogen-bond donors (Lipinski definition) is 2. The highest BCUT2D eigenvalue weighted by Crippen LogP contribution is 2.30. The number of halogens is 2. The number of pyridine rings is 1. The average molecular weight is 586 g/mol. The molecule has 0 spiro atoms. The Morgan fingerprint density at radius 1 is 1.00 bits per heavy atom. The number of nitrogens with one attached hydrogen (secondary N) is 1. The van der Waals surface area contributed by atoms with E-state index in [4.69, 9.17) is 5.73 Å². The molecule has 3 aromatic rings. The van der Waals surface area contributed by atoms with E-state index in [0.29, 0.717) is 24.6 Å². The first-order valence-corrected chi connectivity index (χ1v) is 15.3. The molecule has 2 aliphatic heterocycles. The van der Waals surface area contributed by atoms with Crippen LogP contribution in [-0.4, -0.2) is 71.2 Å². The van der Waals surface area contributed by atoms with Gasteiger partial charge in [0.05, 0.1) is 23.8 Å². The monoisotopic (exact) mass is 585 g/mol. The van der Waals surface area contributed by atoms with Crippen LogP contribution >= 0.6 is 0 Å². The SMILES string of the molecule is Nc1ncc(-c2cc(F)c(S(=O)(=O)N3CCCCC3)cc2F)nc1C(=O)Nc1cnccc1CCCN1CCCC1. The number of carbonyl (C=O) groups excluding carboxylic acids is 1. The summed E-state index contributed by atoms with van der Waals surface area (Å²) < 4.78 is 57.4. The Morgan fingerprint density at radius 2 is 1.73 bits per heavy atom. The van der Waals surface area contributed by atoms with Crippen molar-refractivity contribution in [1.29, 1.82) is 0 Å². The molecule has 0 bridgehead atoms. The minimum Gasteiger partial charge on any atom is -0.382 e. The average Bonchev–Trinajstić information content (AvgIpc) is 3.49. The van der Waals surface area contributed by atoms with Crippen molar-refractivity contribution < 1.29 is 22.0 Å². The zero-order chi connectivity index (χ0) is 29.0. The highest BCUT2D eigenvalue weighted by Gasteiger charge is 2.30. The van der Waals surface area contributed by atoms with Crippen molar-refractivity contribution in [1.82, 2.24) is 24.2 Å². The number of amides is 1. The molecule has 4 heterocycles. The van der Waals surface area contributed by atoms with E-state index < -0.39 is 32.5 Å². The van der Waals surface area contributed by atoms with Gasteiger partial charge >= 0.3 is 0 Å². The molecule has 5 rings (SSSR count). The first-order valence-electron chi connectivity index (χ1n) is 13.8. The Kier molecular flexibility index (Phi) is 8.85. The molecule has 1 amide bonds. The summed E-state index contributed by atoms with van der Waals surface area (Å²) >= 11 is 0. The van der Waals surface area contributed by atoms with Crippen LogP contribution in [0.5, 0.6) is 0 Å². The molecule has 0 saturated carbocycles. The summed E-state index contributed by atoms with van der Waals surface area (Å²) in [5.41, 5.74) is 6.54. The van der Waals surface area contributed by atoms with Gasteiger partial charge in [0.1, 0.15) is 16.5 Å². The van der Waals surface area contributed by atoms with Crippen molar-refractivity contribution in [3.05, 3.63) is 59.7 Å². The lowest BCUT2D eigenvalue weighted by molar-refractivity contribution is 0.102. The van der Waals surface area contributed by atoms with E-state index in [2.05, 4.69) is 25.2 Å². The molecule has 2 fully saturated rings. The van der Waals surface area contributed by atoms with E-state index in [1.54, 1.807) is 6.20 Å². The number of carbonyl (C=O) groups is 1. The van der Waals surface area contributed by atoms with Gasteiger partial charge in [0, 0.05) is 24.8 Å². The molecular weight excluding hydrogens is 552 g/mol. The molecule has 218 valence electrons. The second kappa shape index (κ2) is 12.5. The number of rotatable bonds is 9. The van der Waals surface area contributed by atoms with E-state index in [0.717, 1.165) is 56.7 Å². The number of aromatic nitrogens is 3. The van der Waals surface area contributed by atoms with Crippen molar-refractivity contribution >= 4 is 27.4 Å². The minimum atomic E-state index is -4.20. The summed E-state index contributed by atoms with van der Waals surface area (Å²) in [6.45, 7) is 3.69. The van der Waals surface area contributed by atoms with Crippen LogP contribution in [0.25, 0.3) is 11.3 Å². The number of nitrogen functional groups attached to an aromatic ring is 1. The summed E-state index contributed by atoms with van der Waals surface area (Å²) in [4.78, 5) is 27.1. The van der Waals surface area contributed by atoms with E-state index in [1.807, 2.05) is 6.07 Å². The number of piperidine rings is 1. The van der Waals surface area contributed by atoms with E-state index in [1.165, 1.54) is 23.3 Å². The summed E-state index contributed by atoms with van der Waals surface area (Å²) in [5, 5.41) is 2.77. The van der Waals surface area contributed by atoms with Gasteiger partial charge in [0.15, 0.2) is 11.5 Å². The van der Waals surface area contributed by atoms with Gasteiger partial charge in [-0.15, -0.1) is 0 Å². The van der Waals surface area contributed by atoms with Gasteiger partial charge in [-0.25, -0.2) is 27.2 Å². The van der Waals surface area contributed by atoms with Crippen molar-refractivity contribution in [2.45, 2.75) is 49.8 Å². The number of anilines is 2. The van der Waals surface area contributed by atoms with E-state index >= 15 is 8.78 Å². The quantitative estimate of drug-likeness (QED) is 0.387. The second-order valence-electron chi connectivity index (χ2n) is 10.4. The first kappa shape index (κ1) is 29.0. The maximum atomic E-state index is 15.2. The number of hydrogen-bond acceptors (Lipinski definition) is 8. The lowest BCUT2D eigenvalue weighted by atomic mass is 10.1. The zero-order valence-electron chi connectivity index (χ0n) is 22.7. The molecule has 3 N–H and O–H groups in total. The molecular formula is C28H33F2N7O3S. The van der Waals surface area contributed by atoms with Gasteiger partial charge in [0.25, 0.3) is 5.91 Å². The van der Waals surface area contributed by atoms with Crippen LogP contribution in [-0.2, 0) is 16.4 Å². The lowest BCUT2D eigenvalue weighted by Crippen LogP contribution is -2.36. The van der Waals surface area contributed by atoms with Crippen LogP contribution in [0.4, 0.5) is 20.3 Å². The third kappa shape index (κ3) is 6.52. The lowest BCUT2D eigenvalue weighted by Gasteiger charge is -2.26. The molecule has 41 heavy (non-hydrogen) atoms. The second-order valence-corrected chi connectivity index (χ2v) is 12.3. The Bertz CT molecular complexity index is 1530. The van der Waals surface area contributed by atoms with Gasteiger partial charge in [-0.3, -0.25) is 9.78 Å². The molecule has 2 aromatic heterocycles. The van der Waals surface area contributed by atoms with Crippen LogP contribution in [0.1, 0.15) is 54.6 Å². The maximum Gasteiger partial charge on any atom is 0.278 e. The molecule has 10 nitrogen and oxygen atoms in total. The van der Waals surface area contributed by atoms with Crippen LogP contribution in [0.3, 0.4) is 0 Å². The minimum absolute atomic E-state index is 0.167. The molecule has 0 radical (unpaired) electrons. The maximum absolute atomic E-state index is 15.2. The largest absolute Gasteiger partial charge is 0.382 e. The van der Waals surface area contributed by atoms with E-state index in [9.17, 15) is 13.2 Å².